The molecule has 3 rings (SSSR count). The minimum atomic E-state index is -0.460. The van der Waals surface area contributed by atoms with Crippen LogP contribution in [0.15, 0.2) is 54.7 Å². The van der Waals surface area contributed by atoms with E-state index in [1.165, 1.54) is 5.56 Å². The van der Waals surface area contributed by atoms with E-state index in [-0.39, 0.29) is 0 Å². The maximum absolute atomic E-state index is 9.53. The third kappa shape index (κ3) is 2.85. The van der Waals surface area contributed by atoms with Gasteiger partial charge in [0.2, 0.25) is 0 Å². The number of benzene rings is 2. The number of aliphatic hydroxyl groups is 1. The molecule has 106 valence electrons. The van der Waals surface area contributed by atoms with Gasteiger partial charge in [0, 0.05) is 5.56 Å². The van der Waals surface area contributed by atoms with Crippen molar-refractivity contribution >= 4 is 0 Å². The number of hydrogen-bond acceptors (Lipinski definition) is 3. The first-order valence-corrected chi connectivity index (χ1v) is 6.91. The predicted octanol–water partition coefficient (Wildman–Crippen LogP) is 3.30. The van der Waals surface area contributed by atoms with Gasteiger partial charge in [-0.15, -0.1) is 5.10 Å². The van der Waals surface area contributed by atoms with Gasteiger partial charge in [-0.25, -0.2) is 4.68 Å². The molecule has 0 amide bonds. The molecule has 2 aromatic carbocycles. The van der Waals surface area contributed by atoms with E-state index in [0.29, 0.717) is 0 Å². The van der Waals surface area contributed by atoms with E-state index in [0.717, 1.165) is 22.5 Å². The van der Waals surface area contributed by atoms with Gasteiger partial charge in [-0.05, 0) is 31.5 Å². The highest BCUT2D eigenvalue weighted by Gasteiger charge is 2.06. The van der Waals surface area contributed by atoms with Gasteiger partial charge >= 0.3 is 0 Å². The molecule has 0 aliphatic rings. The topological polar surface area (TPSA) is 50.9 Å². The molecule has 4 heteroatoms. The van der Waals surface area contributed by atoms with Crippen molar-refractivity contribution in [2.75, 3.05) is 0 Å². The maximum Gasteiger partial charge on any atom is 0.113 e. The Morgan fingerprint density at radius 3 is 2.29 bits per heavy atom. The summed E-state index contributed by atoms with van der Waals surface area (Å²) in [5, 5.41) is 17.9. The van der Waals surface area contributed by atoms with Crippen LogP contribution in [0.2, 0.25) is 0 Å². The monoisotopic (exact) mass is 279 g/mol. The molecule has 1 N–H and O–H groups in total. The zero-order valence-electron chi connectivity index (χ0n) is 12.1. The van der Waals surface area contributed by atoms with E-state index in [1.807, 2.05) is 42.6 Å². The van der Waals surface area contributed by atoms with Gasteiger partial charge in [0.15, 0.2) is 0 Å². The zero-order chi connectivity index (χ0) is 14.8. The fraction of sp³-hybridized carbons (Fsp3) is 0.176. The summed E-state index contributed by atoms with van der Waals surface area (Å²) in [5.41, 5.74) is 4.92. The van der Waals surface area contributed by atoms with Gasteiger partial charge in [0.25, 0.3) is 0 Å². The Kier molecular flexibility index (Phi) is 3.54. The molecular formula is C17H17N3O. The van der Waals surface area contributed by atoms with E-state index in [4.69, 9.17) is 0 Å². The molecule has 4 nitrogen and oxygen atoms in total. The minimum absolute atomic E-state index is 0.460. The number of aliphatic hydroxyl groups excluding tert-OH is 1. The molecule has 0 fully saturated rings. The third-order valence-corrected chi connectivity index (χ3v) is 3.48. The van der Waals surface area contributed by atoms with E-state index in [2.05, 4.69) is 29.4 Å². The summed E-state index contributed by atoms with van der Waals surface area (Å²) in [6.07, 6.45) is 1.44. The highest BCUT2D eigenvalue weighted by atomic mass is 16.3. The first-order chi connectivity index (χ1) is 10.1. The van der Waals surface area contributed by atoms with Crippen molar-refractivity contribution in [1.82, 2.24) is 15.0 Å². The van der Waals surface area contributed by atoms with E-state index < -0.39 is 6.10 Å². The Labute approximate surface area is 123 Å². The average Bonchev–Trinajstić information content (AvgIpc) is 2.98. The summed E-state index contributed by atoms with van der Waals surface area (Å²) in [6.45, 7) is 3.81. The van der Waals surface area contributed by atoms with Crippen LogP contribution in [0, 0.1) is 6.92 Å². The standard InChI is InChI=1S/C17H17N3O/c1-12-3-5-15(6-4-12)17-11-20(19-18-17)16-9-7-14(8-10-16)13(2)21/h3-11,13,21H,1-2H3. The maximum atomic E-state index is 9.53. The van der Waals surface area contributed by atoms with Gasteiger partial charge in [0.1, 0.15) is 5.69 Å². The van der Waals surface area contributed by atoms with Crippen LogP contribution in [0.1, 0.15) is 24.2 Å². The third-order valence-electron chi connectivity index (χ3n) is 3.48. The Hall–Kier alpha value is -2.46. The van der Waals surface area contributed by atoms with Crippen LogP contribution < -0.4 is 0 Å². The normalized spacial score (nSPS) is 12.3. The van der Waals surface area contributed by atoms with Crippen molar-refractivity contribution in [1.29, 1.82) is 0 Å². The van der Waals surface area contributed by atoms with Crippen molar-refractivity contribution in [3.8, 4) is 16.9 Å². The van der Waals surface area contributed by atoms with Gasteiger partial charge in [-0.3, -0.25) is 0 Å². The van der Waals surface area contributed by atoms with Crippen LogP contribution in [0.4, 0.5) is 0 Å². The molecule has 1 unspecified atom stereocenters. The predicted molar refractivity (Wildman–Crippen MR) is 82.2 cm³/mol. The first kappa shape index (κ1) is 13.5. The van der Waals surface area contributed by atoms with Crippen molar-refractivity contribution in [3.63, 3.8) is 0 Å². The van der Waals surface area contributed by atoms with Crippen LogP contribution in [-0.2, 0) is 0 Å². The van der Waals surface area contributed by atoms with Crippen molar-refractivity contribution in [2.24, 2.45) is 0 Å². The number of rotatable bonds is 3. The Morgan fingerprint density at radius 1 is 1.00 bits per heavy atom. The largest absolute Gasteiger partial charge is 0.389 e. The van der Waals surface area contributed by atoms with Gasteiger partial charge < -0.3 is 5.11 Å². The van der Waals surface area contributed by atoms with Gasteiger partial charge in [-0.2, -0.15) is 0 Å². The first-order valence-electron chi connectivity index (χ1n) is 6.91. The summed E-state index contributed by atoms with van der Waals surface area (Å²) in [6, 6.07) is 15.9. The second-order valence-electron chi connectivity index (χ2n) is 5.18. The van der Waals surface area contributed by atoms with Crippen molar-refractivity contribution in [2.45, 2.75) is 20.0 Å². The van der Waals surface area contributed by atoms with Crippen molar-refractivity contribution < 1.29 is 5.11 Å². The second kappa shape index (κ2) is 5.50. The molecule has 3 aromatic rings. The SMILES string of the molecule is Cc1ccc(-c2cn(-c3ccc(C(C)O)cc3)nn2)cc1. The molecule has 1 aromatic heterocycles. The van der Waals surface area contributed by atoms with E-state index >= 15 is 0 Å². The average molecular weight is 279 g/mol. The molecule has 0 aliphatic heterocycles. The number of hydrogen-bond donors (Lipinski definition) is 1. The Balaban J connectivity index is 1.89. The molecule has 0 spiro atoms. The molecule has 0 saturated carbocycles. The minimum Gasteiger partial charge on any atom is -0.389 e. The van der Waals surface area contributed by atoms with Crippen LogP contribution in [0.5, 0.6) is 0 Å². The fourth-order valence-electron chi connectivity index (χ4n) is 2.15. The van der Waals surface area contributed by atoms with Crippen LogP contribution in [-0.4, -0.2) is 20.1 Å². The van der Waals surface area contributed by atoms with Crippen LogP contribution >= 0.6 is 0 Å². The summed E-state index contributed by atoms with van der Waals surface area (Å²) in [4.78, 5) is 0. The summed E-state index contributed by atoms with van der Waals surface area (Å²) < 4.78 is 1.74. The fourth-order valence-corrected chi connectivity index (χ4v) is 2.15. The molecule has 1 atom stereocenters. The molecule has 0 radical (unpaired) electrons. The lowest BCUT2D eigenvalue weighted by molar-refractivity contribution is 0.199. The number of nitrogens with zero attached hydrogens (tertiary/aromatic N) is 3. The lowest BCUT2D eigenvalue weighted by Crippen LogP contribution is -1.96. The summed E-state index contributed by atoms with van der Waals surface area (Å²) >= 11 is 0. The molecule has 1 heterocycles. The smallest absolute Gasteiger partial charge is 0.113 e. The van der Waals surface area contributed by atoms with Crippen LogP contribution in [0.25, 0.3) is 16.9 Å². The van der Waals surface area contributed by atoms with E-state index in [1.54, 1.807) is 11.6 Å². The zero-order valence-corrected chi connectivity index (χ0v) is 12.1. The van der Waals surface area contributed by atoms with Crippen molar-refractivity contribution in [3.05, 3.63) is 65.9 Å². The highest BCUT2D eigenvalue weighted by Crippen LogP contribution is 2.19. The van der Waals surface area contributed by atoms with Gasteiger partial charge in [0.05, 0.1) is 18.0 Å². The Bertz CT molecular complexity index is 727. The molecule has 21 heavy (non-hydrogen) atoms. The molecule has 0 aliphatic carbocycles. The van der Waals surface area contributed by atoms with Crippen LogP contribution in [0.3, 0.4) is 0 Å². The molecular weight excluding hydrogens is 262 g/mol. The van der Waals surface area contributed by atoms with E-state index in [9.17, 15) is 5.11 Å². The number of aryl methyl sites for hydroxylation is 1. The Morgan fingerprint density at radius 2 is 1.67 bits per heavy atom. The lowest BCUT2D eigenvalue weighted by Gasteiger charge is -2.05. The second-order valence-corrected chi connectivity index (χ2v) is 5.18. The lowest BCUT2D eigenvalue weighted by atomic mass is 10.1. The quantitative estimate of drug-likeness (QED) is 0.800. The molecule has 0 saturated heterocycles. The molecule has 0 bridgehead atoms. The highest BCUT2D eigenvalue weighted by molar-refractivity contribution is 5.58. The number of aromatic nitrogens is 3. The van der Waals surface area contributed by atoms with Gasteiger partial charge in [-0.1, -0.05) is 47.2 Å². The summed E-state index contributed by atoms with van der Waals surface area (Å²) in [5.74, 6) is 0. The summed E-state index contributed by atoms with van der Waals surface area (Å²) in [7, 11) is 0.